The summed E-state index contributed by atoms with van der Waals surface area (Å²) in [7, 11) is 1.31. The Morgan fingerprint density at radius 3 is 2.61 bits per heavy atom. The summed E-state index contributed by atoms with van der Waals surface area (Å²) in [6.45, 7) is 4.57. The monoisotopic (exact) mass is 441 g/mol. The fourth-order valence-electron chi connectivity index (χ4n) is 2.98. The van der Waals surface area contributed by atoms with Crippen molar-refractivity contribution in [2.45, 2.75) is 26.7 Å². The minimum atomic E-state index is -0.693. The summed E-state index contributed by atoms with van der Waals surface area (Å²) >= 11 is 1.22. The predicted octanol–water partition coefficient (Wildman–Crippen LogP) is 5.02. The number of amidine groups is 1. The van der Waals surface area contributed by atoms with E-state index < -0.39 is 16.4 Å². The van der Waals surface area contributed by atoms with Crippen LogP contribution in [-0.4, -0.2) is 39.7 Å². The summed E-state index contributed by atoms with van der Waals surface area (Å²) in [6, 6.07) is 10.4. The molecule has 1 heterocycles. The Labute approximate surface area is 184 Å². The van der Waals surface area contributed by atoms with Crippen molar-refractivity contribution in [2.24, 2.45) is 4.99 Å². The molecular formula is C22H23N3O5S. The number of unbranched alkanes of at least 4 members (excludes halogenated alkanes) is 1. The van der Waals surface area contributed by atoms with Crippen LogP contribution >= 0.6 is 11.8 Å². The van der Waals surface area contributed by atoms with Gasteiger partial charge in [0.25, 0.3) is 5.91 Å². The molecule has 9 heteroatoms. The highest BCUT2D eigenvalue weighted by molar-refractivity contribution is 8.18. The second-order valence-electron chi connectivity index (χ2n) is 7.00. The number of rotatable bonds is 7. The Morgan fingerprint density at radius 2 is 2.00 bits per heavy atom. The Kier molecular flexibility index (Phi) is 6.96. The quantitative estimate of drug-likeness (QED) is 0.367. The maximum Gasteiger partial charge on any atom is 0.315 e. The molecule has 1 fully saturated rings. The van der Waals surface area contributed by atoms with Crippen molar-refractivity contribution in [3.8, 4) is 11.5 Å². The molecule has 8 nitrogen and oxygen atoms in total. The number of nitrogens with zero attached hydrogens (tertiary/aromatic N) is 3. The molecule has 31 heavy (non-hydrogen) atoms. The first-order valence-corrected chi connectivity index (χ1v) is 10.6. The molecule has 1 amide bonds. The number of phenolic OH excluding ortho intramolecular Hbond substituents is 1. The van der Waals surface area contributed by atoms with Gasteiger partial charge in [-0.1, -0.05) is 31.0 Å². The average Bonchev–Trinajstić information content (AvgIpc) is 3.03. The van der Waals surface area contributed by atoms with Crippen LogP contribution < -0.4 is 4.74 Å². The van der Waals surface area contributed by atoms with Crippen molar-refractivity contribution < 1.29 is 19.6 Å². The second-order valence-corrected chi connectivity index (χ2v) is 8.01. The number of nitro benzene ring substituents is 1. The summed E-state index contributed by atoms with van der Waals surface area (Å²) in [5.74, 6) is -0.793. The Hall–Kier alpha value is -3.33. The molecule has 0 bridgehead atoms. The summed E-state index contributed by atoms with van der Waals surface area (Å²) in [5, 5.41) is 21.8. The Bertz CT molecular complexity index is 1060. The van der Waals surface area contributed by atoms with E-state index in [1.165, 1.54) is 31.0 Å². The number of aromatic hydroxyl groups is 1. The van der Waals surface area contributed by atoms with Crippen molar-refractivity contribution in [3.05, 3.63) is 62.5 Å². The molecular weight excluding hydrogens is 418 g/mol. The van der Waals surface area contributed by atoms with Crippen molar-refractivity contribution in [3.63, 3.8) is 0 Å². The lowest BCUT2D eigenvalue weighted by Crippen LogP contribution is -2.30. The van der Waals surface area contributed by atoms with Gasteiger partial charge in [-0.15, -0.1) is 0 Å². The first-order chi connectivity index (χ1) is 14.8. The van der Waals surface area contributed by atoms with E-state index in [1.54, 1.807) is 11.0 Å². The number of aliphatic imine (C=N–C) groups is 1. The fourth-order valence-corrected chi connectivity index (χ4v) is 4.00. The fraction of sp³-hybridized carbons (Fsp3) is 0.273. The highest BCUT2D eigenvalue weighted by atomic mass is 32.2. The lowest BCUT2D eigenvalue weighted by molar-refractivity contribution is -0.386. The van der Waals surface area contributed by atoms with Crippen molar-refractivity contribution in [2.75, 3.05) is 13.7 Å². The van der Waals surface area contributed by atoms with E-state index in [4.69, 9.17) is 4.74 Å². The van der Waals surface area contributed by atoms with E-state index in [9.17, 15) is 20.0 Å². The van der Waals surface area contributed by atoms with E-state index in [1.807, 2.05) is 38.1 Å². The molecule has 3 rings (SSSR count). The summed E-state index contributed by atoms with van der Waals surface area (Å²) < 4.78 is 5.04. The van der Waals surface area contributed by atoms with Crippen molar-refractivity contribution >= 4 is 40.3 Å². The van der Waals surface area contributed by atoms with Gasteiger partial charge in [-0.25, -0.2) is 4.99 Å². The van der Waals surface area contributed by atoms with Gasteiger partial charge in [0.1, 0.15) is 0 Å². The van der Waals surface area contributed by atoms with Gasteiger partial charge in [0.2, 0.25) is 5.75 Å². The van der Waals surface area contributed by atoms with Gasteiger partial charge in [0, 0.05) is 12.6 Å². The molecule has 0 aliphatic carbocycles. The Morgan fingerprint density at radius 1 is 1.29 bits per heavy atom. The second kappa shape index (κ2) is 9.65. The summed E-state index contributed by atoms with van der Waals surface area (Å²) in [6.07, 6.45) is 3.30. The van der Waals surface area contributed by atoms with Gasteiger partial charge in [-0.05, 0) is 54.9 Å². The van der Waals surface area contributed by atoms with Gasteiger partial charge >= 0.3 is 5.69 Å². The van der Waals surface area contributed by atoms with Crippen LogP contribution in [0.25, 0.3) is 6.08 Å². The Balaban J connectivity index is 2.01. The van der Waals surface area contributed by atoms with Gasteiger partial charge in [-0.3, -0.25) is 19.8 Å². The molecule has 1 aliphatic rings. The molecule has 0 unspecified atom stereocenters. The molecule has 0 radical (unpaired) electrons. The number of methoxy groups -OCH3 is 1. The standard InChI is InChI=1S/C22H23N3O5S/c1-4-5-10-24-21(27)19(31-22(24)23-16-8-6-14(2)7-9-16)13-15-11-17(25(28)29)20(26)18(12-15)30-3/h6-9,11-13,26H,4-5,10H2,1-3H3/b19-13+,23-22?. The van der Waals surface area contributed by atoms with E-state index in [2.05, 4.69) is 4.99 Å². The largest absolute Gasteiger partial charge is 0.500 e. The number of carbonyl (C=O) groups excluding carboxylic acids is 1. The van der Waals surface area contributed by atoms with Gasteiger partial charge < -0.3 is 9.84 Å². The van der Waals surface area contributed by atoms with Crippen LogP contribution in [0.3, 0.4) is 0 Å². The number of ether oxygens (including phenoxy) is 1. The number of phenols is 1. The highest BCUT2D eigenvalue weighted by Crippen LogP contribution is 2.39. The molecule has 0 saturated carbocycles. The molecule has 2 aromatic carbocycles. The number of thioether (sulfide) groups is 1. The smallest absolute Gasteiger partial charge is 0.315 e. The van der Waals surface area contributed by atoms with E-state index in [0.717, 1.165) is 24.1 Å². The lowest BCUT2D eigenvalue weighted by Gasteiger charge is -2.14. The molecule has 1 N–H and O–H groups in total. The third-order valence-corrected chi connectivity index (χ3v) is 5.68. The molecule has 2 aromatic rings. The summed E-state index contributed by atoms with van der Waals surface area (Å²) in [4.78, 5) is 30.3. The third kappa shape index (κ3) is 5.05. The van der Waals surface area contributed by atoms with Crippen LogP contribution in [0.15, 0.2) is 46.3 Å². The maximum atomic E-state index is 13.1. The molecule has 0 spiro atoms. The van der Waals surface area contributed by atoms with E-state index in [0.29, 0.717) is 22.2 Å². The van der Waals surface area contributed by atoms with Crippen molar-refractivity contribution in [1.29, 1.82) is 0 Å². The van der Waals surface area contributed by atoms with Crippen molar-refractivity contribution in [1.82, 2.24) is 4.90 Å². The number of amides is 1. The maximum absolute atomic E-state index is 13.1. The van der Waals surface area contributed by atoms with Crippen LogP contribution in [0.4, 0.5) is 11.4 Å². The zero-order chi connectivity index (χ0) is 22.5. The number of carbonyl (C=O) groups is 1. The van der Waals surface area contributed by atoms with Crippen LogP contribution in [0.5, 0.6) is 11.5 Å². The number of aryl methyl sites for hydroxylation is 1. The topological polar surface area (TPSA) is 105 Å². The minimum Gasteiger partial charge on any atom is -0.500 e. The highest BCUT2D eigenvalue weighted by Gasteiger charge is 2.33. The van der Waals surface area contributed by atoms with Crippen LogP contribution in [0.1, 0.15) is 30.9 Å². The zero-order valence-corrected chi connectivity index (χ0v) is 18.3. The molecule has 0 atom stereocenters. The van der Waals surface area contributed by atoms with Crippen LogP contribution in [-0.2, 0) is 4.79 Å². The first kappa shape index (κ1) is 22.4. The van der Waals surface area contributed by atoms with E-state index in [-0.39, 0.29) is 11.7 Å². The van der Waals surface area contributed by atoms with Crippen LogP contribution in [0.2, 0.25) is 0 Å². The summed E-state index contributed by atoms with van der Waals surface area (Å²) in [5.41, 5.74) is 1.75. The molecule has 162 valence electrons. The minimum absolute atomic E-state index is 0.0344. The normalized spacial score (nSPS) is 16.4. The predicted molar refractivity (Wildman–Crippen MR) is 122 cm³/mol. The van der Waals surface area contributed by atoms with Crippen LogP contribution in [0, 0.1) is 17.0 Å². The third-order valence-electron chi connectivity index (χ3n) is 4.67. The van der Waals surface area contributed by atoms with E-state index >= 15 is 0 Å². The zero-order valence-electron chi connectivity index (χ0n) is 17.5. The number of benzene rings is 2. The molecule has 1 saturated heterocycles. The number of hydrogen-bond donors (Lipinski definition) is 1. The van der Waals surface area contributed by atoms with Gasteiger partial charge in [-0.2, -0.15) is 0 Å². The molecule has 0 aromatic heterocycles. The number of hydrogen-bond acceptors (Lipinski definition) is 7. The van der Waals surface area contributed by atoms with Gasteiger partial charge in [0.05, 0.1) is 22.6 Å². The number of nitro groups is 1. The first-order valence-electron chi connectivity index (χ1n) is 9.76. The SMILES string of the molecule is CCCCN1C(=O)/C(=C\c2cc(OC)c(O)c([N+](=O)[O-])c2)SC1=Nc1ccc(C)cc1. The van der Waals surface area contributed by atoms with Gasteiger partial charge in [0.15, 0.2) is 10.9 Å². The average molecular weight is 442 g/mol. The molecule has 1 aliphatic heterocycles. The lowest BCUT2D eigenvalue weighted by atomic mass is 10.1.